The van der Waals surface area contributed by atoms with Crippen molar-refractivity contribution in [3.05, 3.63) is 40.9 Å². The van der Waals surface area contributed by atoms with Crippen LogP contribution < -0.4 is 5.32 Å². The number of nitrogens with one attached hydrogen (secondary N) is 1. The van der Waals surface area contributed by atoms with E-state index in [4.69, 9.17) is 0 Å². The van der Waals surface area contributed by atoms with E-state index in [-0.39, 0.29) is 0 Å². The Kier molecular flexibility index (Phi) is 3.70. The number of hydrogen-bond acceptors (Lipinski definition) is 3. The van der Waals surface area contributed by atoms with Crippen LogP contribution in [-0.4, -0.2) is 18.6 Å². The van der Waals surface area contributed by atoms with E-state index in [1.165, 1.54) is 16.0 Å². The first kappa shape index (κ1) is 11.3. The summed E-state index contributed by atoms with van der Waals surface area (Å²) in [6.07, 6.45) is 3.04. The summed E-state index contributed by atoms with van der Waals surface area (Å²) in [6, 6.07) is 8.53. The topological polar surface area (TPSA) is 24.9 Å². The van der Waals surface area contributed by atoms with Crippen molar-refractivity contribution in [2.75, 3.05) is 13.6 Å². The second kappa shape index (κ2) is 5.23. The maximum absolute atomic E-state index is 4.46. The zero-order valence-electron chi connectivity index (χ0n) is 9.66. The molecular formula is C13H16N2S. The smallest absolute Gasteiger partial charge is 0.123 e. The van der Waals surface area contributed by atoms with Crippen molar-refractivity contribution in [1.29, 1.82) is 0 Å². The lowest BCUT2D eigenvalue weighted by molar-refractivity contribution is 0.798. The van der Waals surface area contributed by atoms with Crippen molar-refractivity contribution in [2.45, 2.75) is 13.3 Å². The molecule has 2 rings (SSSR count). The number of aryl methyl sites for hydroxylation is 1. The summed E-state index contributed by atoms with van der Waals surface area (Å²) in [5.74, 6) is 0. The average Bonchev–Trinajstić information content (AvgIpc) is 2.76. The van der Waals surface area contributed by atoms with E-state index in [0.29, 0.717) is 0 Å². The minimum Gasteiger partial charge on any atom is -0.319 e. The van der Waals surface area contributed by atoms with E-state index in [2.05, 4.69) is 41.5 Å². The molecular weight excluding hydrogens is 216 g/mol. The molecule has 0 unspecified atom stereocenters. The van der Waals surface area contributed by atoms with E-state index in [1.807, 2.05) is 13.2 Å². The first-order chi connectivity index (χ1) is 7.79. The minimum absolute atomic E-state index is 1.01. The Balaban J connectivity index is 2.15. The van der Waals surface area contributed by atoms with Crippen LogP contribution in [0.3, 0.4) is 0 Å². The molecule has 2 aromatic rings. The van der Waals surface area contributed by atoms with Gasteiger partial charge in [0.25, 0.3) is 0 Å². The predicted molar refractivity (Wildman–Crippen MR) is 69.9 cm³/mol. The molecule has 0 aliphatic rings. The van der Waals surface area contributed by atoms with Gasteiger partial charge in [-0.1, -0.05) is 29.8 Å². The number of hydrogen-bond donors (Lipinski definition) is 1. The standard InChI is InChI=1S/C13H16N2S/c1-10-3-5-11(6-4-10)13-15-9-12(16-13)7-8-14-2/h3-6,9,14H,7-8H2,1-2H3. The van der Waals surface area contributed by atoms with Gasteiger partial charge in [-0.3, -0.25) is 0 Å². The highest BCUT2D eigenvalue weighted by atomic mass is 32.1. The first-order valence-corrected chi connectivity index (χ1v) is 6.27. The molecule has 0 amide bonds. The van der Waals surface area contributed by atoms with Crippen LogP contribution in [0.4, 0.5) is 0 Å². The molecule has 1 aromatic heterocycles. The molecule has 0 saturated carbocycles. The molecule has 1 aromatic carbocycles. The fourth-order valence-electron chi connectivity index (χ4n) is 1.50. The van der Waals surface area contributed by atoms with Crippen molar-refractivity contribution in [2.24, 2.45) is 0 Å². The van der Waals surface area contributed by atoms with Gasteiger partial charge >= 0.3 is 0 Å². The van der Waals surface area contributed by atoms with Gasteiger partial charge in [0.15, 0.2) is 0 Å². The van der Waals surface area contributed by atoms with Gasteiger partial charge in [0.2, 0.25) is 0 Å². The molecule has 0 saturated heterocycles. The molecule has 2 nitrogen and oxygen atoms in total. The molecule has 0 radical (unpaired) electrons. The molecule has 0 bridgehead atoms. The van der Waals surface area contributed by atoms with Gasteiger partial charge in [-0.2, -0.15) is 0 Å². The van der Waals surface area contributed by atoms with Crippen molar-refractivity contribution in [3.8, 4) is 10.6 Å². The van der Waals surface area contributed by atoms with Crippen LogP contribution >= 0.6 is 11.3 Å². The second-order valence-corrected chi connectivity index (χ2v) is 4.97. The van der Waals surface area contributed by atoms with Crippen molar-refractivity contribution >= 4 is 11.3 Å². The lowest BCUT2D eigenvalue weighted by atomic mass is 10.2. The summed E-state index contributed by atoms with van der Waals surface area (Å²) in [6.45, 7) is 3.11. The SMILES string of the molecule is CNCCc1cnc(-c2ccc(C)cc2)s1. The highest BCUT2D eigenvalue weighted by Crippen LogP contribution is 2.25. The quantitative estimate of drug-likeness (QED) is 0.876. The average molecular weight is 232 g/mol. The number of nitrogens with zero attached hydrogens (tertiary/aromatic N) is 1. The van der Waals surface area contributed by atoms with Crippen molar-refractivity contribution in [1.82, 2.24) is 10.3 Å². The van der Waals surface area contributed by atoms with Gasteiger partial charge in [0, 0.05) is 16.6 Å². The third kappa shape index (κ3) is 2.68. The number of likely N-dealkylation sites (N-methyl/N-ethyl adjacent to an activating group) is 1. The molecule has 3 heteroatoms. The lowest BCUT2D eigenvalue weighted by Gasteiger charge is -1.96. The zero-order chi connectivity index (χ0) is 11.4. The minimum atomic E-state index is 1.01. The normalized spacial score (nSPS) is 10.6. The molecule has 0 atom stereocenters. The molecule has 1 heterocycles. The third-order valence-corrected chi connectivity index (χ3v) is 3.58. The maximum atomic E-state index is 4.46. The van der Waals surface area contributed by atoms with Crippen LogP contribution in [0.15, 0.2) is 30.5 Å². The van der Waals surface area contributed by atoms with E-state index in [0.717, 1.165) is 18.0 Å². The van der Waals surface area contributed by atoms with Crippen LogP contribution in [0.25, 0.3) is 10.6 Å². The van der Waals surface area contributed by atoms with Crippen LogP contribution in [0.2, 0.25) is 0 Å². The summed E-state index contributed by atoms with van der Waals surface area (Å²) >= 11 is 1.78. The molecule has 0 spiro atoms. The summed E-state index contributed by atoms with van der Waals surface area (Å²) in [5.41, 5.74) is 2.50. The molecule has 16 heavy (non-hydrogen) atoms. The Bertz CT molecular complexity index is 445. The number of benzene rings is 1. The summed E-state index contributed by atoms with van der Waals surface area (Å²) in [7, 11) is 1.97. The Hall–Kier alpha value is -1.19. The van der Waals surface area contributed by atoms with Gasteiger partial charge in [-0.15, -0.1) is 11.3 Å². The molecule has 0 aliphatic carbocycles. The van der Waals surface area contributed by atoms with Gasteiger partial charge in [0.1, 0.15) is 5.01 Å². The van der Waals surface area contributed by atoms with Crippen molar-refractivity contribution in [3.63, 3.8) is 0 Å². The van der Waals surface area contributed by atoms with Crippen LogP contribution in [0, 0.1) is 6.92 Å². The van der Waals surface area contributed by atoms with Gasteiger partial charge in [-0.05, 0) is 26.9 Å². The van der Waals surface area contributed by atoms with Crippen molar-refractivity contribution < 1.29 is 0 Å². The monoisotopic (exact) mass is 232 g/mol. The highest BCUT2D eigenvalue weighted by Gasteiger charge is 2.03. The van der Waals surface area contributed by atoms with Gasteiger partial charge in [-0.25, -0.2) is 4.98 Å². The van der Waals surface area contributed by atoms with E-state index >= 15 is 0 Å². The number of aromatic nitrogens is 1. The largest absolute Gasteiger partial charge is 0.319 e. The summed E-state index contributed by atoms with van der Waals surface area (Å²) in [5, 5.41) is 4.27. The van der Waals surface area contributed by atoms with Gasteiger partial charge in [0.05, 0.1) is 0 Å². The molecule has 0 fully saturated rings. The Morgan fingerprint density at radius 2 is 2.00 bits per heavy atom. The summed E-state index contributed by atoms with van der Waals surface area (Å²) in [4.78, 5) is 5.80. The van der Waals surface area contributed by atoms with Crippen LogP contribution in [0.1, 0.15) is 10.4 Å². The third-order valence-electron chi connectivity index (χ3n) is 2.47. The second-order valence-electron chi connectivity index (χ2n) is 3.85. The van der Waals surface area contributed by atoms with Crippen LogP contribution in [0.5, 0.6) is 0 Å². The lowest BCUT2D eigenvalue weighted by Crippen LogP contribution is -2.09. The number of rotatable bonds is 4. The highest BCUT2D eigenvalue weighted by molar-refractivity contribution is 7.15. The molecule has 84 valence electrons. The Labute approximate surface area is 100 Å². The Morgan fingerprint density at radius 3 is 2.69 bits per heavy atom. The van der Waals surface area contributed by atoms with Crippen LogP contribution in [-0.2, 0) is 6.42 Å². The fourth-order valence-corrected chi connectivity index (χ4v) is 2.42. The number of thiazole rings is 1. The predicted octanol–water partition coefficient (Wildman–Crippen LogP) is 2.88. The maximum Gasteiger partial charge on any atom is 0.123 e. The van der Waals surface area contributed by atoms with Gasteiger partial charge < -0.3 is 5.32 Å². The molecule has 0 aliphatic heterocycles. The van der Waals surface area contributed by atoms with E-state index in [9.17, 15) is 0 Å². The molecule has 1 N–H and O–H groups in total. The fraction of sp³-hybridized carbons (Fsp3) is 0.308. The zero-order valence-corrected chi connectivity index (χ0v) is 10.5. The summed E-state index contributed by atoms with van der Waals surface area (Å²) < 4.78 is 0. The Morgan fingerprint density at radius 1 is 1.25 bits per heavy atom. The first-order valence-electron chi connectivity index (χ1n) is 5.46. The van der Waals surface area contributed by atoms with E-state index < -0.39 is 0 Å². The van der Waals surface area contributed by atoms with E-state index in [1.54, 1.807) is 11.3 Å².